The largest absolute Gasteiger partial charge is 0.350 e. The fourth-order valence-electron chi connectivity index (χ4n) is 4.76. The van der Waals surface area contributed by atoms with E-state index >= 15 is 0 Å². The minimum atomic E-state index is -0.580. The third-order valence-electron chi connectivity index (χ3n) is 6.61. The highest BCUT2D eigenvalue weighted by molar-refractivity contribution is 6.53. The van der Waals surface area contributed by atoms with Crippen molar-refractivity contribution in [2.45, 2.75) is 26.9 Å². The Morgan fingerprint density at radius 3 is 1.80 bits per heavy atom. The maximum absolute atomic E-state index is 13.6. The smallest absolute Gasteiger partial charge is 0.283 e. The highest BCUT2D eigenvalue weighted by atomic mass is 35.5. The number of imide groups is 1. The predicted octanol–water partition coefficient (Wildman–Crippen LogP) is 6.58. The van der Waals surface area contributed by atoms with Crippen molar-refractivity contribution in [3.63, 3.8) is 0 Å². The summed E-state index contributed by atoms with van der Waals surface area (Å²) in [5.41, 5.74) is 5.44. The number of hydrogen-bond acceptors (Lipinski definition) is 4. The van der Waals surface area contributed by atoms with Gasteiger partial charge >= 0.3 is 0 Å². The molecule has 0 saturated carbocycles. The number of aryl methyl sites for hydroxylation is 2. The van der Waals surface area contributed by atoms with Gasteiger partial charge in [0.05, 0.1) is 5.69 Å². The van der Waals surface area contributed by atoms with Crippen LogP contribution in [0.1, 0.15) is 32.6 Å². The second-order valence-corrected chi connectivity index (χ2v) is 10.2. The number of nitrogens with zero attached hydrogens (tertiary/aromatic N) is 2. The van der Waals surface area contributed by atoms with Gasteiger partial charge in [-0.3, -0.25) is 14.4 Å². The molecule has 7 heteroatoms. The van der Waals surface area contributed by atoms with Crippen molar-refractivity contribution in [1.29, 1.82) is 0 Å². The maximum atomic E-state index is 13.6. The zero-order chi connectivity index (χ0) is 28.2. The molecule has 200 valence electrons. The van der Waals surface area contributed by atoms with Gasteiger partial charge in [-0.05, 0) is 72.5 Å². The fourth-order valence-corrected chi connectivity index (χ4v) is 4.97. The Labute approximate surface area is 238 Å². The van der Waals surface area contributed by atoms with E-state index in [1.807, 2.05) is 80.6 Å². The SMILES string of the molecule is Cc1cc(C)cc(N2C(=O)C(Cl)=C(Nc3ccc(C(=O)N(Cc4ccccc4)Cc4ccccc4)cc3)C2=O)c1. The molecule has 0 unspecified atom stereocenters. The Morgan fingerprint density at radius 1 is 0.750 bits per heavy atom. The van der Waals surface area contributed by atoms with Crippen LogP contribution in [-0.2, 0) is 22.7 Å². The van der Waals surface area contributed by atoms with E-state index in [-0.39, 0.29) is 16.6 Å². The van der Waals surface area contributed by atoms with Gasteiger partial charge in [0, 0.05) is 24.3 Å². The molecule has 0 bridgehead atoms. The van der Waals surface area contributed by atoms with Crippen LogP contribution in [-0.4, -0.2) is 22.6 Å². The molecule has 0 aliphatic carbocycles. The molecule has 1 aliphatic rings. The summed E-state index contributed by atoms with van der Waals surface area (Å²) >= 11 is 6.32. The summed E-state index contributed by atoms with van der Waals surface area (Å²) in [6, 6.07) is 32.0. The van der Waals surface area contributed by atoms with Gasteiger partial charge in [0.1, 0.15) is 10.7 Å². The summed E-state index contributed by atoms with van der Waals surface area (Å²) in [5, 5.41) is 2.81. The molecular formula is C33H28ClN3O3. The van der Waals surface area contributed by atoms with Gasteiger partial charge < -0.3 is 10.2 Å². The first kappa shape index (κ1) is 26.9. The summed E-state index contributed by atoms with van der Waals surface area (Å²) in [4.78, 5) is 42.5. The van der Waals surface area contributed by atoms with Crippen molar-refractivity contribution in [2.24, 2.45) is 0 Å². The summed E-state index contributed by atoms with van der Waals surface area (Å²) in [6.07, 6.45) is 0. The Hall–Kier alpha value is -4.68. The van der Waals surface area contributed by atoms with E-state index in [0.29, 0.717) is 30.0 Å². The second-order valence-electron chi connectivity index (χ2n) is 9.82. The summed E-state index contributed by atoms with van der Waals surface area (Å²) in [7, 11) is 0. The van der Waals surface area contributed by atoms with Gasteiger partial charge in [0.15, 0.2) is 0 Å². The third kappa shape index (κ3) is 5.82. The normalized spacial score (nSPS) is 13.1. The van der Waals surface area contributed by atoms with E-state index in [9.17, 15) is 14.4 Å². The molecule has 0 fully saturated rings. The predicted molar refractivity (Wildman–Crippen MR) is 158 cm³/mol. The molecular weight excluding hydrogens is 522 g/mol. The molecule has 0 atom stereocenters. The number of carbonyl (C=O) groups is 3. The minimum absolute atomic E-state index is 0.000292. The quantitative estimate of drug-likeness (QED) is 0.252. The van der Waals surface area contributed by atoms with Crippen LogP contribution < -0.4 is 10.2 Å². The van der Waals surface area contributed by atoms with Gasteiger partial charge in [-0.2, -0.15) is 0 Å². The van der Waals surface area contributed by atoms with Crippen LogP contribution in [0.5, 0.6) is 0 Å². The summed E-state index contributed by atoms with van der Waals surface area (Å²) in [6.45, 7) is 4.72. The van der Waals surface area contributed by atoms with Crippen molar-refractivity contribution < 1.29 is 14.4 Å². The van der Waals surface area contributed by atoms with Crippen LogP contribution in [0.2, 0.25) is 0 Å². The van der Waals surface area contributed by atoms with E-state index in [1.54, 1.807) is 41.3 Å². The van der Waals surface area contributed by atoms with Crippen LogP contribution in [0.25, 0.3) is 0 Å². The van der Waals surface area contributed by atoms with E-state index in [4.69, 9.17) is 11.6 Å². The van der Waals surface area contributed by atoms with Crippen LogP contribution >= 0.6 is 11.6 Å². The van der Waals surface area contributed by atoms with Crippen LogP contribution in [0.4, 0.5) is 11.4 Å². The average molecular weight is 550 g/mol. The molecule has 1 aliphatic heterocycles. The lowest BCUT2D eigenvalue weighted by atomic mass is 10.1. The number of halogens is 1. The molecule has 1 heterocycles. The first-order chi connectivity index (χ1) is 19.3. The lowest BCUT2D eigenvalue weighted by Crippen LogP contribution is -2.32. The van der Waals surface area contributed by atoms with Gasteiger partial charge in [0.2, 0.25) is 0 Å². The molecule has 0 radical (unpaired) electrons. The highest BCUT2D eigenvalue weighted by Gasteiger charge is 2.39. The topological polar surface area (TPSA) is 69.7 Å². The third-order valence-corrected chi connectivity index (χ3v) is 6.96. The molecule has 4 aromatic carbocycles. The molecule has 0 saturated heterocycles. The van der Waals surface area contributed by atoms with Crippen molar-refractivity contribution in [3.8, 4) is 0 Å². The number of rotatable bonds is 8. The van der Waals surface area contributed by atoms with Crippen molar-refractivity contribution >= 4 is 40.7 Å². The molecule has 6 nitrogen and oxygen atoms in total. The zero-order valence-corrected chi connectivity index (χ0v) is 23.0. The van der Waals surface area contributed by atoms with E-state index < -0.39 is 11.8 Å². The summed E-state index contributed by atoms with van der Waals surface area (Å²) in [5.74, 6) is -1.23. The molecule has 0 spiro atoms. The van der Waals surface area contributed by atoms with Crippen LogP contribution in [0.15, 0.2) is 114 Å². The Kier molecular flexibility index (Phi) is 7.80. The fraction of sp³-hybridized carbons (Fsp3) is 0.121. The minimum Gasteiger partial charge on any atom is -0.350 e. The standard InChI is InChI=1S/C33H28ClN3O3/c1-22-17-23(2)19-28(18-22)37-32(39)29(34)30(33(37)40)35-27-15-13-26(14-16-27)31(38)36(20-24-9-5-3-6-10-24)21-25-11-7-4-8-12-25/h3-19,35H,20-21H2,1-2H3. The molecule has 3 amide bonds. The van der Waals surface area contributed by atoms with Gasteiger partial charge in [-0.15, -0.1) is 0 Å². The number of nitrogens with one attached hydrogen (secondary N) is 1. The molecule has 1 N–H and O–H groups in total. The molecule has 4 aromatic rings. The number of anilines is 2. The number of benzene rings is 4. The van der Waals surface area contributed by atoms with Gasteiger partial charge in [0.25, 0.3) is 17.7 Å². The lowest BCUT2D eigenvalue weighted by molar-refractivity contribution is -0.120. The maximum Gasteiger partial charge on any atom is 0.283 e. The van der Waals surface area contributed by atoms with Crippen molar-refractivity contribution in [2.75, 3.05) is 10.2 Å². The van der Waals surface area contributed by atoms with E-state index in [1.165, 1.54) is 0 Å². The molecule has 0 aromatic heterocycles. The van der Waals surface area contributed by atoms with Crippen molar-refractivity contribution in [1.82, 2.24) is 4.90 Å². The van der Waals surface area contributed by atoms with Crippen LogP contribution in [0, 0.1) is 13.8 Å². The molecule has 40 heavy (non-hydrogen) atoms. The van der Waals surface area contributed by atoms with Gasteiger partial charge in [-0.1, -0.05) is 78.3 Å². The number of amides is 3. The summed E-state index contributed by atoms with van der Waals surface area (Å²) < 4.78 is 0. The second kappa shape index (κ2) is 11.6. The first-order valence-corrected chi connectivity index (χ1v) is 13.3. The van der Waals surface area contributed by atoms with Gasteiger partial charge in [-0.25, -0.2) is 4.90 Å². The number of hydrogen-bond donors (Lipinski definition) is 1. The highest BCUT2D eigenvalue weighted by Crippen LogP contribution is 2.31. The van der Waals surface area contributed by atoms with E-state index in [0.717, 1.165) is 27.2 Å². The van der Waals surface area contributed by atoms with Crippen molar-refractivity contribution in [3.05, 3.63) is 142 Å². The monoisotopic (exact) mass is 549 g/mol. The van der Waals surface area contributed by atoms with E-state index in [2.05, 4.69) is 5.32 Å². The lowest BCUT2D eigenvalue weighted by Gasteiger charge is -2.23. The first-order valence-electron chi connectivity index (χ1n) is 12.9. The number of carbonyl (C=O) groups excluding carboxylic acids is 3. The van der Waals surface area contributed by atoms with Crippen LogP contribution in [0.3, 0.4) is 0 Å². The Bertz CT molecular complexity index is 1540. The Balaban J connectivity index is 1.34. The zero-order valence-electron chi connectivity index (χ0n) is 22.2. The average Bonchev–Trinajstić information content (AvgIpc) is 3.16. The Morgan fingerprint density at radius 2 is 1.27 bits per heavy atom. The molecule has 5 rings (SSSR count).